The number of aliphatic hydroxyl groups excluding tert-OH is 2. The zero-order valence-corrected chi connectivity index (χ0v) is 8.69. The first-order valence-electron chi connectivity index (χ1n) is 5.08. The standard InChI is InChI=1S/C10H18O5/c11-6-2-4-9(13)7-8(12)3-1-5-10(14)15/h9,11,13H,1-7H2,(H,14,15). The van der Waals surface area contributed by atoms with Crippen LogP contribution in [-0.4, -0.2) is 39.8 Å². The molecule has 5 nitrogen and oxygen atoms in total. The topological polar surface area (TPSA) is 94.8 Å². The van der Waals surface area contributed by atoms with Crippen molar-refractivity contribution in [3.63, 3.8) is 0 Å². The number of carbonyl (C=O) groups is 2. The summed E-state index contributed by atoms with van der Waals surface area (Å²) in [6.45, 7) is 0.00423. The number of carbonyl (C=O) groups excluding carboxylic acids is 1. The minimum absolute atomic E-state index is 0.00423. The molecule has 3 N–H and O–H groups in total. The maximum atomic E-state index is 11.2. The molecule has 0 aliphatic rings. The minimum atomic E-state index is -0.913. The first kappa shape index (κ1) is 14.1. The molecule has 1 atom stereocenters. The zero-order chi connectivity index (χ0) is 11.7. The molecule has 15 heavy (non-hydrogen) atoms. The van der Waals surface area contributed by atoms with E-state index in [4.69, 9.17) is 10.2 Å². The molecule has 88 valence electrons. The summed E-state index contributed by atoms with van der Waals surface area (Å²) in [6.07, 6.45) is 0.723. The van der Waals surface area contributed by atoms with E-state index in [1.807, 2.05) is 0 Å². The van der Waals surface area contributed by atoms with Gasteiger partial charge in [-0.2, -0.15) is 0 Å². The number of hydrogen-bond donors (Lipinski definition) is 3. The van der Waals surface area contributed by atoms with Gasteiger partial charge in [0.15, 0.2) is 0 Å². The summed E-state index contributed by atoms with van der Waals surface area (Å²) < 4.78 is 0. The van der Waals surface area contributed by atoms with Crippen LogP contribution in [0, 0.1) is 0 Å². The Hall–Kier alpha value is -0.940. The Balaban J connectivity index is 3.50. The lowest BCUT2D eigenvalue weighted by molar-refractivity contribution is -0.137. The third kappa shape index (κ3) is 9.37. The van der Waals surface area contributed by atoms with Gasteiger partial charge in [-0.3, -0.25) is 9.59 Å². The van der Waals surface area contributed by atoms with Crippen LogP contribution in [0.15, 0.2) is 0 Å². The second kappa shape index (κ2) is 8.38. The van der Waals surface area contributed by atoms with Gasteiger partial charge in [0.2, 0.25) is 0 Å². The summed E-state index contributed by atoms with van der Waals surface area (Å²) in [5, 5.41) is 26.1. The largest absolute Gasteiger partial charge is 0.481 e. The first-order chi connectivity index (χ1) is 7.06. The number of Topliss-reactive ketones (excluding diaryl/α,β-unsaturated/α-hetero) is 1. The van der Waals surface area contributed by atoms with Crippen molar-refractivity contribution in [2.75, 3.05) is 6.61 Å². The van der Waals surface area contributed by atoms with Gasteiger partial charge in [0, 0.05) is 25.9 Å². The Kier molecular flexibility index (Phi) is 7.85. The van der Waals surface area contributed by atoms with Crippen molar-refractivity contribution in [1.82, 2.24) is 0 Å². The fourth-order valence-corrected chi connectivity index (χ4v) is 1.23. The van der Waals surface area contributed by atoms with E-state index in [0.717, 1.165) is 0 Å². The molecule has 1 unspecified atom stereocenters. The molecule has 0 fully saturated rings. The lowest BCUT2D eigenvalue weighted by atomic mass is 10.0. The number of aliphatic hydroxyl groups is 2. The summed E-state index contributed by atoms with van der Waals surface area (Å²) in [4.78, 5) is 21.3. The maximum Gasteiger partial charge on any atom is 0.303 e. The van der Waals surface area contributed by atoms with E-state index in [0.29, 0.717) is 19.3 Å². The lowest BCUT2D eigenvalue weighted by Crippen LogP contribution is -2.14. The van der Waals surface area contributed by atoms with Crippen LogP contribution in [0.25, 0.3) is 0 Å². The fourth-order valence-electron chi connectivity index (χ4n) is 1.23. The quantitative estimate of drug-likeness (QED) is 0.518. The predicted molar refractivity (Wildman–Crippen MR) is 53.4 cm³/mol. The molecule has 5 heteroatoms. The van der Waals surface area contributed by atoms with Crippen LogP contribution >= 0.6 is 0 Å². The van der Waals surface area contributed by atoms with Gasteiger partial charge in [0.05, 0.1) is 6.10 Å². The Bertz CT molecular complexity index is 202. The average molecular weight is 218 g/mol. The van der Waals surface area contributed by atoms with Crippen molar-refractivity contribution in [2.45, 2.75) is 44.6 Å². The van der Waals surface area contributed by atoms with E-state index in [1.165, 1.54) is 0 Å². The molecular weight excluding hydrogens is 200 g/mol. The Morgan fingerprint density at radius 2 is 1.80 bits per heavy atom. The van der Waals surface area contributed by atoms with E-state index < -0.39 is 12.1 Å². The SMILES string of the molecule is O=C(O)CCCC(=O)CC(O)CCCO. The van der Waals surface area contributed by atoms with Crippen LogP contribution in [0.1, 0.15) is 38.5 Å². The lowest BCUT2D eigenvalue weighted by Gasteiger charge is -2.07. The minimum Gasteiger partial charge on any atom is -0.481 e. The summed E-state index contributed by atoms with van der Waals surface area (Å²) in [5.74, 6) is -1.04. The van der Waals surface area contributed by atoms with Crippen molar-refractivity contribution < 1.29 is 24.9 Å². The first-order valence-corrected chi connectivity index (χ1v) is 5.08. The molecule has 0 heterocycles. The van der Waals surface area contributed by atoms with Crippen LogP contribution in [-0.2, 0) is 9.59 Å². The highest BCUT2D eigenvalue weighted by Crippen LogP contribution is 2.06. The van der Waals surface area contributed by atoms with Crippen LogP contribution < -0.4 is 0 Å². The second-order valence-corrected chi connectivity index (χ2v) is 3.51. The van der Waals surface area contributed by atoms with Crippen molar-refractivity contribution in [2.24, 2.45) is 0 Å². The van der Waals surface area contributed by atoms with E-state index in [2.05, 4.69) is 0 Å². The Morgan fingerprint density at radius 1 is 1.13 bits per heavy atom. The number of carboxylic acid groups (broad SMARTS) is 1. The molecule has 0 bridgehead atoms. The number of ketones is 1. The van der Waals surface area contributed by atoms with Gasteiger partial charge in [0.1, 0.15) is 5.78 Å². The van der Waals surface area contributed by atoms with Crippen LogP contribution in [0.2, 0.25) is 0 Å². The monoisotopic (exact) mass is 218 g/mol. The zero-order valence-electron chi connectivity index (χ0n) is 8.69. The Morgan fingerprint density at radius 3 is 2.33 bits per heavy atom. The third-order valence-electron chi connectivity index (χ3n) is 2.01. The summed E-state index contributed by atoms with van der Waals surface area (Å²) in [6, 6.07) is 0. The molecule has 0 rings (SSSR count). The van der Waals surface area contributed by atoms with E-state index in [-0.39, 0.29) is 31.7 Å². The van der Waals surface area contributed by atoms with Crippen LogP contribution in [0.3, 0.4) is 0 Å². The van der Waals surface area contributed by atoms with Gasteiger partial charge in [-0.15, -0.1) is 0 Å². The molecule has 0 aromatic heterocycles. The summed E-state index contributed by atoms with van der Waals surface area (Å²) >= 11 is 0. The van der Waals surface area contributed by atoms with Crippen molar-refractivity contribution in [3.8, 4) is 0 Å². The van der Waals surface area contributed by atoms with Crippen LogP contribution in [0.4, 0.5) is 0 Å². The molecule has 0 saturated heterocycles. The van der Waals surface area contributed by atoms with E-state index in [9.17, 15) is 14.7 Å². The van der Waals surface area contributed by atoms with Crippen LogP contribution in [0.5, 0.6) is 0 Å². The Labute approximate surface area is 88.7 Å². The summed E-state index contributed by atoms with van der Waals surface area (Å²) in [7, 11) is 0. The number of carboxylic acids is 1. The second-order valence-electron chi connectivity index (χ2n) is 3.51. The molecule has 0 spiro atoms. The highest BCUT2D eigenvalue weighted by atomic mass is 16.4. The molecule has 0 amide bonds. The molecule has 0 aromatic carbocycles. The molecule has 0 radical (unpaired) electrons. The third-order valence-corrected chi connectivity index (χ3v) is 2.01. The molecule has 0 saturated carbocycles. The highest BCUT2D eigenvalue weighted by molar-refractivity contribution is 5.79. The smallest absolute Gasteiger partial charge is 0.303 e. The summed E-state index contributed by atoms with van der Waals surface area (Å²) in [5.41, 5.74) is 0. The van der Waals surface area contributed by atoms with Gasteiger partial charge in [-0.05, 0) is 19.3 Å². The van der Waals surface area contributed by atoms with E-state index in [1.54, 1.807) is 0 Å². The fraction of sp³-hybridized carbons (Fsp3) is 0.800. The number of aliphatic carboxylic acids is 1. The number of rotatable bonds is 9. The van der Waals surface area contributed by atoms with Crippen molar-refractivity contribution >= 4 is 11.8 Å². The van der Waals surface area contributed by atoms with Gasteiger partial charge >= 0.3 is 5.97 Å². The van der Waals surface area contributed by atoms with Gasteiger partial charge in [-0.25, -0.2) is 0 Å². The predicted octanol–water partition coefficient (Wildman–Crippen LogP) is 0.334. The number of hydrogen-bond acceptors (Lipinski definition) is 4. The average Bonchev–Trinajstić information content (AvgIpc) is 2.14. The van der Waals surface area contributed by atoms with Gasteiger partial charge in [0.25, 0.3) is 0 Å². The maximum absolute atomic E-state index is 11.2. The molecular formula is C10H18O5. The molecule has 0 aromatic rings. The highest BCUT2D eigenvalue weighted by Gasteiger charge is 2.10. The van der Waals surface area contributed by atoms with Gasteiger partial charge in [-0.1, -0.05) is 0 Å². The van der Waals surface area contributed by atoms with Crippen molar-refractivity contribution in [1.29, 1.82) is 0 Å². The molecule has 0 aliphatic heterocycles. The van der Waals surface area contributed by atoms with Gasteiger partial charge < -0.3 is 15.3 Å². The normalized spacial score (nSPS) is 12.4. The molecule has 0 aliphatic carbocycles. The van der Waals surface area contributed by atoms with E-state index >= 15 is 0 Å². The van der Waals surface area contributed by atoms with Crippen molar-refractivity contribution in [3.05, 3.63) is 0 Å².